The molecule has 1 aromatic carbocycles. The fraction of sp³-hybridized carbons (Fsp3) is 0.467. The average molecular weight is 311 g/mol. The Balaban J connectivity index is 2.23. The van der Waals surface area contributed by atoms with Gasteiger partial charge in [0, 0.05) is 19.0 Å². The summed E-state index contributed by atoms with van der Waals surface area (Å²) in [4.78, 5) is 23.5. The van der Waals surface area contributed by atoms with Gasteiger partial charge in [0.25, 0.3) is 5.91 Å². The van der Waals surface area contributed by atoms with Crippen molar-refractivity contribution in [2.45, 2.75) is 38.6 Å². The lowest BCUT2D eigenvalue weighted by atomic mass is 10.1. The Labute approximate surface area is 129 Å². The average Bonchev–Trinajstić information content (AvgIpc) is 2.92. The Morgan fingerprint density at radius 2 is 1.95 bits per heavy atom. The van der Waals surface area contributed by atoms with Gasteiger partial charge >= 0.3 is 0 Å². The summed E-state index contributed by atoms with van der Waals surface area (Å²) in [6.07, 6.45) is 4.30. The summed E-state index contributed by atoms with van der Waals surface area (Å²) < 4.78 is 5.24. The molecule has 0 radical (unpaired) electrons. The first-order valence-electron chi connectivity index (χ1n) is 6.97. The van der Waals surface area contributed by atoms with Crippen LogP contribution in [-0.2, 0) is 4.79 Å². The molecule has 2 amide bonds. The van der Waals surface area contributed by atoms with Gasteiger partial charge in [-0.1, -0.05) is 24.4 Å². The van der Waals surface area contributed by atoms with Crippen molar-refractivity contribution in [1.29, 1.82) is 0 Å². The third-order valence-electron chi connectivity index (χ3n) is 3.53. The van der Waals surface area contributed by atoms with Crippen molar-refractivity contribution < 1.29 is 14.3 Å². The predicted molar refractivity (Wildman–Crippen MR) is 82.0 cm³/mol. The highest BCUT2D eigenvalue weighted by molar-refractivity contribution is 6.34. The van der Waals surface area contributed by atoms with Crippen LogP contribution in [0.25, 0.3) is 0 Å². The van der Waals surface area contributed by atoms with Gasteiger partial charge in [0.2, 0.25) is 5.91 Å². The van der Waals surface area contributed by atoms with Gasteiger partial charge in [0.15, 0.2) is 0 Å². The Hall–Kier alpha value is -1.75. The fourth-order valence-corrected chi connectivity index (χ4v) is 2.73. The highest BCUT2D eigenvalue weighted by Gasteiger charge is 2.21. The number of carbonyl (C=O) groups excluding carboxylic acids is 2. The number of nitrogens with one attached hydrogen (secondary N) is 2. The van der Waals surface area contributed by atoms with E-state index in [9.17, 15) is 9.59 Å². The van der Waals surface area contributed by atoms with Crippen molar-refractivity contribution in [3.8, 4) is 5.75 Å². The first-order valence-corrected chi connectivity index (χ1v) is 7.35. The predicted octanol–water partition coefficient (Wildman–Crippen LogP) is 2.98. The number of hydrogen-bond acceptors (Lipinski definition) is 3. The molecule has 1 fully saturated rings. The number of carbonyl (C=O) groups is 2. The molecule has 0 heterocycles. The van der Waals surface area contributed by atoms with E-state index < -0.39 is 0 Å². The van der Waals surface area contributed by atoms with E-state index in [2.05, 4.69) is 10.6 Å². The summed E-state index contributed by atoms with van der Waals surface area (Å²) in [6.45, 7) is 1.39. The topological polar surface area (TPSA) is 67.4 Å². The highest BCUT2D eigenvalue weighted by Crippen LogP contribution is 2.31. The number of amides is 2. The van der Waals surface area contributed by atoms with Crippen molar-refractivity contribution in [1.82, 2.24) is 5.32 Å². The third kappa shape index (κ3) is 3.88. The summed E-state index contributed by atoms with van der Waals surface area (Å²) in [5.74, 6) is -0.0456. The molecule has 21 heavy (non-hydrogen) atoms. The van der Waals surface area contributed by atoms with Crippen LogP contribution in [0, 0.1) is 0 Å². The minimum absolute atomic E-state index is 0.199. The molecule has 6 heteroatoms. The molecule has 114 valence electrons. The lowest BCUT2D eigenvalue weighted by Crippen LogP contribution is -2.32. The summed E-state index contributed by atoms with van der Waals surface area (Å²) in [6, 6.07) is 3.31. The molecule has 1 saturated carbocycles. The van der Waals surface area contributed by atoms with Crippen LogP contribution in [0.1, 0.15) is 43.0 Å². The van der Waals surface area contributed by atoms with Crippen LogP contribution in [0.3, 0.4) is 0 Å². The summed E-state index contributed by atoms with van der Waals surface area (Å²) in [7, 11) is 1.48. The van der Waals surface area contributed by atoms with E-state index in [0.29, 0.717) is 22.0 Å². The molecule has 0 aliphatic heterocycles. The van der Waals surface area contributed by atoms with Crippen LogP contribution >= 0.6 is 11.6 Å². The second-order valence-corrected chi connectivity index (χ2v) is 5.58. The van der Waals surface area contributed by atoms with Gasteiger partial charge in [-0.05, 0) is 18.9 Å². The highest BCUT2D eigenvalue weighted by atomic mass is 35.5. The van der Waals surface area contributed by atoms with E-state index in [4.69, 9.17) is 16.3 Å². The molecule has 2 rings (SSSR count). The maximum atomic E-state index is 12.3. The molecule has 2 N–H and O–H groups in total. The third-order valence-corrected chi connectivity index (χ3v) is 3.85. The molecule has 1 aliphatic rings. The molecule has 0 unspecified atom stereocenters. The summed E-state index contributed by atoms with van der Waals surface area (Å²) >= 11 is 6.11. The number of hydrogen-bond donors (Lipinski definition) is 2. The van der Waals surface area contributed by atoms with E-state index in [-0.39, 0.29) is 17.9 Å². The molecule has 1 aliphatic carbocycles. The Morgan fingerprint density at radius 3 is 2.52 bits per heavy atom. The molecule has 0 atom stereocenters. The largest absolute Gasteiger partial charge is 0.496 e. The molecule has 0 bridgehead atoms. The number of anilines is 1. The lowest BCUT2D eigenvalue weighted by molar-refractivity contribution is -0.114. The zero-order valence-corrected chi connectivity index (χ0v) is 12.9. The SMILES string of the molecule is COc1cc(NC(C)=O)c(Cl)cc1C(=O)NC1CCCC1. The molecule has 0 saturated heterocycles. The maximum Gasteiger partial charge on any atom is 0.255 e. The molecule has 1 aromatic rings. The zero-order chi connectivity index (χ0) is 15.4. The summed E-state index contributed by atoms with van der Waals surface area (Å²) in [5.41, 5.74) is 0.807. The van der Waals surface area contributed by atoms with E-state index in [1.54, 1.807) is 6.07 Å². The number of rotatable bonds is 4. The van der Waals surface area contributed by atoms with Crippen molar-refractivity contribution in [2.24, 2.45) is 0 Å². The van der Waals surface area contributed by atoms with Crippen LogP contribution in [0.15, 0.2) is 12.1 Å². The van der Waals surface area contributed by atoms with Gasteiger partial charge in [0.1, 0.15) is 5.75 Å². The zero-order valence-electron chi connectivity index (χ0n) is 12.2. The fourth-order valence-electron chi connectivity index (χ4n) is 2.52. The van der Waals surface area contributed by atoms with Crippen LogP contribution in [0.5, 0.6) is 5.75 Å². The second-order valence-electron chi connectivity index (χ2n) is 5.17. The van der Waals surface area contributed by atoms with E-state index >= 15 is 0 Å². The Bertz CT molecular complexity index is 554. The second kappa shape index (κ2) is 6.80. The molecule has 5 nitrogen and oxygen atoms in total. The van der Waals surface area contributed by atoms with Gasteiger partial charge in [-0.25, -0.2) is 0 Å². The first-order chi connectivity index (χ1) is 10.0. The van der Waals surface area contributed by atoms with Crippen LogP contribution in [0.2, 0.25) is 5.02 Å². The van der Waals surface area contributed by atoms with Crippen LogP contribution in [-0.4, -0.2) is 25.0 Å². The molecular formula is C15H19ClN2O3. The van der Waals surface area contributed by atoms with Crippen molar-refractivity contribution in [3.63, 3.8) is 0 Å². The Kier molecular flexibility index (Phi) is 5.07. The quantitative estimate of drug-likeness (QED) is 0.898. The van der Waals surface area contributed by atoms with Crippen molar-refractivity contribution >= 4 is 29.1 Å². The number of methoxy groups -OCH3 is 1. The standard InChI is InChI=1S/C15H19ClN2O3/c1-9(19)17-13-8-14(21-2)11(7-12(13)16)15(20)18-10-5-3-4-6-10/h7-8,10H,3-6H2,1-2H3,(H,17,19)(H,18,20). The van der Waals surface area contributed by atoms with E-state index in [0.717, 1.165) is 25.7 Å². The van der Waals surface area contributed by atoms with Crippen molar-refractivity contribution in [2.75, 3.05) is 12.4 Å². The maximum absolute atomic E-state index is 12.3. The number of benzene rings is 1. The van der Waals surface area contributed by atoms with Gasteiger partial charge in [-0.15, -0.1) is 0 Å². The van der Waals surface area contributed by atoms with Crippen LogP contribution < -0.4 is 15.4 Å². The van der Waals surface area contributed by atoms with Gasteiger partial charge in [-0.2, -0.15) is 0 Å². The minimum atomic E-state index is -0.234. The summed E-state index contributed by atoms with van der Waals surface area (Å²) in [5, 5.41) is 5.90. The number of ether oxygens (including phenoxy) is 1. The van der Waals surface area contributed by atoms with Crippen molar-refractivity contribution in [3.05, 3.63) is 22.7 Å². The van der Waals surface area contributed by atoms with E-state index in [1.165, 1.54) is 20.1 Å². The minimum Gasteiger partial charge on any atom is -0.496 e. The first kappa shape index (κ1) is 15.6. The van der Waals surface area contributed by atoms with Gasteiger partial charge < -0.3 is 15.4 Å². The van der Waals surface area contributed by atoms with Gasteiger partial charge in [0.05, 0.1) is 23.4 Å². The van der Waals surface area contributed by atoms with E-state index in [1.807, 2.05) is 0 Å². The lowest BCUT2D eigenvalue weighted by Gasteiger charge is -2.16. The monoisotopic (exact) mass is 310 g/mol. The van der Waals surface area contributed by atoms with Gasteiger partial charge in [-0.3, -0.25) is 9.59 Å². The molecular weight excluding hydrogens is 292 g/mol. The Morgan fingerprint density at radius 1 is 1.29 bits per heavy atom. The normalized spacial score (nSPS) is 14.8. The smallest absolute Gasteiger partial charge is 0.255 e. The number of halogens is 1. The van der Waals surface area contributed by atoms with Crippen LogP contribution in [0.4, 0.5) is 5.69 Å². The molecule has 0 aromatic heterocycles. The molecule has 0 spiro atoms.